The predicted octanol–water partition coefficient (Wildman–Crippen LogP) is 1.19. The second-order valence-electron chi connectivity index (χ2n) is 5.16. The Morgan fingerprint density at radius 2 is 1.81 bits per heavy atom. The smallest absolute Gasteiger partial charge is 0.213 e. The lowest BCUT2D eigenvalue weighted by Crippen LogP contribution is -2.51. The van der Waals surface area contributed by atoms with Crippen molar-refractivity contribution in [1.82, 2.24) is 9.44 Å². The molecule has 0 aliphatic heterocycles. The van der Waals surface area contributed by atoms with Gasteiger partial charge in [-0.1, -0.05) is 15.9 Å². The summed E-state index contributed by atoms with van der Waals surface area (Å²) in [5, 5.41) is 0. The molecule has 1 aromatic rings. The van der Waals surface area contributed by atoms with Crippen molar-refractivity contribution in [3.05, 3.63) is 28.5 Å². The van der Waals surface area contributed by atoms with E-state index in [9.17, 15) is 21.2 Å². The Hall–Kier alpha value is -0.550. The van der Waals surface area contributed by atoms with Gasteiger partial charge in [0.15, 0.2) is 0 Å². The van der Waals surface area contributed by atoms with E-state index in [1.54, 1.807) is 0 Å². The molecule has 0 atom stereocenters. The van der Waals surface area contributed by atoms with E-state index in [1.807, 2.05) is 0 Å². The quantitative estimate of drug-likeness (QED) is 0.747. The molecular formula is C11H16BrFN2O4S2. The molecule has 10 heteroatoms. The highest BCUT2D eigenvalue weighted by molar-refractivity contribution is 9.10. The normalized spacial score (nSPS) is 13.4. The zero-order valence-corrected chi connectivity index (χ0v) is 14.9. The summed E-state index contributed by atoms with van der Waals surface area (Å²) in [5.74, 6) is -0.897. The van der Waals surface area contributed by atoms with Crippen molar-refractivity contribution in [2.24, 2.45) is 0 Å². The van der Waals surface area contributed by atoms with Crippen LogP contribution in [0.25, 0.3) is 0 Å². The number of hydrogen-bond donors (Lipinski definition) is 2. The van der Waals surface area contributed by atoms with Gasteiger partial charge in [-0.2, -0.15) is 0 Å². The summed E-state index contributed by atoms with van der Waals surface area (Å²) in [5.41, 5.74) is -1.05. The van der Waals surface area contributed by atoms with Gasteiger partial charge in [-0.25, -0.2) is 30.7 Å². The van der Waals surface area contributed by atoms with Crippen LogP contribution < -0.4 is 9.44 Å². The Morgan fingerprint density at radius 1 is 1.24 bits per heavy atom. The molecule has 1 rings (SSSR count). The maximum Gasteiger partial charge on any atom is 0.243 e. The minimum Gasteiger partial charge on any atom is -0.213 e. The number of hydrogen-bond acceptors (Lipinski definition) is 4. The van der Waals surface area contributed by atoms with E-state index in [-0.39, 0.29) is 6.54 Å². The summed E-state index contributed by atoms with van der Waals surface area (Å²) in [4.78, 5) is -0.499. The monoisotopic (exact) mass is 402 g/mol. The van der Waals surface area contributed by atoms with Crippen LogP contribution in [-0.2, 0) is 20.0 Å². The van der Waals surface area contributed by atoms with E-state index in [0.29, 0.717) is 4.47 Å². The molecule has 21 heavy (non-hydrogen) atoms. The minimum atomic E-state index is -4.08. The summed E-state index contributed by atoms with van der Waals surface area (Å²) in [6.45, 7) is 2.79. The highest BCUT2D eigenvalue weighted by Crippen LogP contribution is 2.19. The van der Waals surface area contributed by atoms with Crippen LogP contribution >= 0.6 is 15.9 Å². The summed E-state index contributed by atoms with van der Waals surface area (Å²) in [7, 11) is -7.57. The molecule has 0 unspecified atom stereocenters. The van der Waals surface area contributed by atoms with Crippen molar-refractivity contribution >= 4 is 36.0 Å². The SMILES string of the molecule is CC(C)(CNS(=O)(=O)c1ccc(Br)cc1F)NS(C)(=O)=O. The van der Waals surface area contributed by atoms with Crippen molar-refractivity contribution in [2.45, 2.75) is 24.3 Å². The molecule has 0 aliphatic carbocycles. The van der Waals surface area contributed by atoms with E-state index in [4.69, 9.17) is 0 Å². The van der Waals surface area contributed by atoms with E-state index >= 15 is 0 Å². The molecular weight excluding hydrogens is 387 g/mol. The van der Waals surface area contributed by atoms with Crippen LogP contribution in [0.5, 0.6) is 0 Å². The predicted molar refractivity (Wildman–Crippen MR) is 81.3 cm³/mol. The first-order chi connectivity index (χ1) is 9.32. The first-order valence-corrected chi connectivity index (χ1v) is 9.93. The molecule has 6 nitrogen and oxygen atoms in total. The standard InChI is InChI=1S/C11H16BrFN2O4S2/c1-11(2,15-20(3,16)17)7-14-21(18,19)10-5-4-8(12)6-9(10)13/h4-6,14-15H,7H2,1-3H3. The maximum absolute atomic E-state index is 13.7. The molecule has 0 saturated carbocycles. The second kappa shape index (κ2) is 6.29. The molecule has 0 aliphatic rings. The molecule has 0 spiro atoms. The molecule has 0 aromatic heterocycles. The molecule has 120 valence electrons. The maximum atomic E-state index is 13.7. The van der Waals surface area contributed by atoms with Gasteiger partial charge in [0.05, 0.1) is 6.26 Å². The van der Waals surface area contributed by atoms with Crippen LogP contribution in [0.15, 0.2) is 27.6 Å². The Labute approximate surface area is 132 Å². The lowest BCUT2D eigenvalue weighted by atomic mass is 10.1. The fourth-order valence-electron chi connectivity index (χ4n) is 1.58. The zero-order chi connectivity index (χ0) is 16.5. The first kappa shape index (κ1) is 18.5. The number of benzene rings is 1. The van der Waals surface area contributed by atoms with Gasteiger partial charge in [0.25, 0.3) is 0 Å². The molecule has 0 amide bonds. The second-order valence-corrected chi connectivity index (χ2v) is 9.56. The van der Waals surface area contributed by atoms with Crippen LogP contribution in [0.4, 0.5) is 4.39 Å². The Bertz CT molecular complexity index is 733. The van der Waals surface area contributed by atoms with Gasteiger partial charge in [-0.3, -0.25) is 0 Å². The average Bonchev–Trinajstić information content (AvgIpc) is 2.23. The zero-order valence-electron chi connectivity index (χ0n) is 11.6. The molecule has 0 heterocycles. The van der Waals surface area contributed by atoms with Gasteiger partial charge in [0, 0.05) is 16.6 Å². The first-order valence-electron chi connectivity index (χ1n) is 5.76. The number of halogens is 2. The van der Waals surface area contributed by atoms with E-state index in [0.717, 1.165) is 18.4 Å². The Kier molecular flexibility index (Phi) is 5.54. The topological polar surface area (TPSA) is 92.3 Å². The van der Waals surface area contributed by atoms with Gasteiger partial charge in [-0.05, 0) is 32.0 Å². The highest BCUT2D eigenvalue weighted by Gasteiger charge is 2.26. The van der Waals surface area contributed by atoms with E-state index < -0.39 is 36.3 Å². The molecule has 2 N–H and O–H groups in total. The fourth-order valence-corrected chi connectivity index (χ4v) is 4.26. The number of rotatable bonds is 6. The molecule has 0 saturated heterocycles. The van der Waals surface area contributed by atoms with Gasteiger partial charge in [-0.15, -0.1) is 0 Å². The highest BCUT2D eigenvalue weighted by atomic mass is 79.9. The third-order valence-electron chi connectivity index (χ3n) is 2.35. The van der Waals surface area contributed by atoms with Gasteiger partial charge in [0.1, 0.15) is 10.7 Å². The lowest BCUT2D eigenvalue weighted by Gasteiger charge is -2.25. The lowest BCUT2D eigenvalue weighted by molar-refractivity contribution is 0.445. The Balaban J connectivity index is 2.91. The molecule has 1 aromatic carbocycles. The molecule has 0 bridgehead atoms. The van der Waals surface area contributed by atoms with Crippen LogP contribution in [0.3, 0.4) is 0 Å². The summed E-state index contributed by atoms with van der Waals surface area (Å²) < 4.78 is 65.0. The average molecular weight is 403 g/mol. The summed E-state index contributed by atoms with van der Waals surface area (Å²) >= 11 is 3.03. The number of sulfonamides is 2. The van der Waals surface area contributed by atoms with Crippen molar-refractivity contribution < 1.29 is 21.2 Å². The third kappa shape index (κ3) is 5.99. The van der Waals surface area contributed by atoms with Crippen LogP contribution in [0.1, 0.15) is 13.8 Å². The summed E-state index contributed by atoms with van der Waals surface area (Å²) in [6.07, 6.45) is 0.970. The van der Waals surface area contributed by atoms with E-state index in [1.165, 1.54) is 19.9 Å². The van der Waals surface area contributed by atoms with E-state index in [2.05, 4.69) is 25.4 Å². The van der Waals surface area contributed by atoms with Crippen LogP contribution in [0, 0.1) is 5.82 Å². The van der Waals surface area contributed by atoms with Crippen molar-refractivity contribution in [1.29, 1.82) is 0 Å². The largest absolute Gasteiger partial charge is 0.243 e. The van der Waals surface area contributed by atoms with Gasteiger partial charge >= 0.3 is 0 Å². The fraction of sp³-hybridized carbons (Fsp3) is 0.455. The third-order valence-corrected chi connectivity index (χ3v) is 5.20. The van der Waals surface area contributed by atoms with Gasteiger partial charge < -0.3 is 0 Å². The van der Waals surface area contributed by atoms with Crippen LogP contribution in [-0.4, -0.2) is 35.2 Å². The summed E-state index contributed by atoms with van der Waals surface area (Å²) in [6, 6.07) is 3.56. The Morgan fingerprint density at radius 3 is 2.29 bits per heavy atom. The van der Waals surface area contributed by atoms with Crippen molar-refractivity contribution in [2.75, 3.05) is 12.8 Å². The molecule has 0 fully saturated rings. The van der Waals surface area contributed by atoms with Crippen molar-refractivity contribution in [3.63, 3.8) is 0 Å². The number of nitrogens with one attached hydrogen (secondary N) is 2. The molecule has 0 radical (unpaired) electrons. The van der Waals surface area contributed by atoms with Crippen molar-refractivity contribution in [3.8, 4) is 0 Å². The van der Waals surface area contributed by atoms with Gasteiger partial charge in [0.2, 0.25) is 20.0 Å². The van der Waals surface area contributed by atoms with Crippen LogP contribution in [0.2, 0.25) is 0 Å². The minimum absolute atomic E-state index is 0.224.